The summed E-state index contributed by atoms with van der Waals surface area (Å²) in [5.41, 5.74) is 0.960. The molecule has 104 valence electrons. The van der Waals surface area contributed by atoms with E-state index < -0.39 is 0 Å². The van der Waals surface area contributed by atoms with Gasteiger partial charge in [0.2, 0.25) is 0 Å². The molecule has 4 heteroatoms. The third kappa shape index (κ3) is 4.24. The van der Waals surface area contributed by atoms with Crippen LogP contribution in [-0.4, -0.2) is 39.3 Å². The van der Waals surface area contributed by atoms with E-state index in [1.165, 1.54) is 11.4 Å². The standard InChI is InChI=1S/C15H21NO3/c1-16-9-3-4-14(11-16)19-15(17)10-12-5-7-13(18-2)8-6-12/h5-8,14H,3-4,9-11H2,1-2H3/p+1/t14-/m1/s1. The Morgan fingerprint density at radius 3 is 2.74 bits per heavy atom. The number of piperidine rings is 1. The Labute approximate surface area is 114 Å². The first-order chi connectivity index (χ1) is 9.17. The molecule has 0 saturated carbocycles. The second kappa shape index (κ2) is 6.57. The van der Waals surface area contributed by atoms with Gasteiger partial charge in [-0.05, 0) is 24.1 Å². The average Bonchev–Trinajstić information content (AvgIpc) is 2.39. The third-order valence-corrected chi connectivity index (χ3v) is 3.51. The number of carbonyl (C=O) groups excluding carboxylic acids is 1. The van der Waals surface area contributed by atoms with Crippen LogP contribution in [0.15, 0.2) is 24.3 Å². The van der Waals surface area contributed by atoms with E-state index in [-0.39, 0.29) is 12.1 Å². The lowest BCUT2D eigenvalue weighted by Crippen LogP contribution is -3.11. The molecule has 1 unspecified atom stereocenters. The molecule has 0 spiro atoms. The van der Waals surface area contributed by atoms with E-state index in [0.29, 0.717) is 6.42 Å². The van der Waals surface area contributed by atoms with Crippen LogP contribution in [0.3, 0.4) is 0 Å². The van der Waals surface area contributed by atoms with Crippen molar-refractivity contribution in [3.63, 3.8) is 0 Å². The van der Waals surface area contributed by atoms with E-state index in [9.17, 15) is 4.79 Å². The summed E-state index contributed by atoms with van der Waals surface area (Å²) >= 11 is 0. The summed E-state index contributed by atoms with van der Waals surface area (Å²) in [5, 5.41) is 0. The van der Waals surface area contributed by atoms with Gasteiger partial charge in [-0.15, -0.1) is 0 Å². The van der Waals surface area contributed by atoms with Gasteiger partial charge >= 0.3 is 5.97 Å². The summed E-state index contributed by atoms with van der Waals surface area (Å²) in [7, 11) is 3.77. The summed E-state index contributed by atoms with van der Waals surface area (Å²) in [6, 6.07) is 7.53. The molecule has 1 saturated heterocycles. The molecule has 0 aromatic heterocycles. The van der Waals surface area contributed by atoms with Gasteiger partial charge in [0.15, 0.2) is 6.10 Å². The topological polar surface area (TPSA) is 40.0 Å². The Kier molecular flexibility index (Phi) is 4.80. The zero-order valence-electron chi connectivity index (χ0n) is 11.6. The van der Waals surface area contributed by atoms with Crippen molar-refractivity contribution in [3.05, 3.63) is 29.8 Å². The van der Waals surface area contributed by atoms with Gasteiger partial charge in [0.25, 0.3) is 0 Å². The van der Waals surface area contributed by atoms with Gasteiger partial charge in [-0.1, -0.05) is 12.1 Å². The predicted octanol–water partition coefficient (Wildman–Crippen LogP) is 0.458. The van der Waals surface area contributed by atoms with Gasteiger partial charge in [-0.25, -0.2) is 0 Å². The van der Waals surface area contributed by atoms with E-state index in [1.807, 2.05) is 24.3 Å². The number of hydrogen-bond donors (Lipinski definition) is 1. The second-order valence-electron chi connectivity index (χ2n) is 5.19. The van der Waals surface area contributed by atoms with Crippen molar-refractivity contribution in [2.24, 2.45) is 0 Å². The molecule has 1 fully saturated rings. The van der Waals surface area contributed by atoms with Gasteiger partial charge < -0.3 is 14.4 Å². The smallest absolute Gasteiger partial charge is 0.310 e. The number of hydrogen-bond acceptors (Lipinski definition) is 3. The average molecular weight is 264 g/mol. The minimum absolute atomic E-state index is 0.0829. The first kappa shape index (κ1) is 13.9. The maximum atomic E-state index is 11.9. The maximum absolute atomic E-state index is 11.9. The van der Waals surface area contributed by atoms with Crippen LogP contribution < -0.4 is 9.64 Å². The summed E-state index contributed by atoms with van der Waals surface area (Å²) in [4.78, 5) is 13.3. The van der Waals surface area contributed by atoms with Crippen LogP contribution in [0.25, 0.3) is 0 Å². The van der Waals surface area contributed by atoms with Crippen LogP contribution in [0.1, 0.15) is 18.4 Å². The summed E-state index contributed by atoms with van der Waals surface area (Å²) in [6.45, 7) is 2.10. The molecule has 2 atom stereocenters. The largest absolute Gasteiger partial charge is 0.497 e. The van der Waals surface area contributed by atoms with Crippen LogP contribution in [0.2, 0.25) is 0 Å². The van der Waals surface area contributed by atoms with Gasteiger partial charge in [-0.3, -0.25) is 4.79 Å². The molecule has 0 amide bonds. The Morgan fingerprint density at radius 1 is 1.37 bits per heavy atom. The molecule has 1 aliphatic rings. The number of ether oxygens (including phenoxy) is 2. The molecular formula is C15H22NO3+. The normalized spacial score (nSPS) is 22.8. The fourth-order valence-electron chi connectivity index (χ4n) is 2.46. The van der Waals surface area contributed by atoms with Crippen LogP contribution in [0, 0.1) is 0 Å². The second-order valence-corrected chi connectivity index (χ2v) is 5.19. The Hall–Kier alpha value is -1.55. The zero-order valence-corrected chi connectivity index (χ0v) is 11.6. The third-order valence-electron chi connectivity index (χ3n) is 3.51. The molecular weight excluding hydrogens is 242 g/mol. The molecule has 19 heavy (non-hydrogen) atoms. The van der Waals surface area contributed by atoms with Gasteiger partial charge in [0, 0.05) is 6.42 Å². The van der Waals surface area contributed by atoms with Gasteiger partial charge in [0.1, 0.15) is 12.3 Å². The Bertz CT molecular complexity index is 416. The molecule has 1 aromatic rings. The quantitative estimate of drug-likeness (QED) is 0.803. The minimum atomic E-state index is -0.134. The summed E-state index contributed by atoms with van der Waals surface area (Å²) < 4.78 is 10.6. The summed E-state index contributed by atoms with van der Waals surface area (Å²) in [5.74, 6) is 0.666. The highest BCUT2D eigenvalue weighted by molar-refractivity contribution is 5.72. The molecule has 0 radical (unpaired) electrons. The van der Waals surface area contributed by atoms with E-state index in [4.69, 9.17) is 9.47 Å². The van der Waals surface area contributed by atoms with Crippen molar-refractivity contribution in [3.8, 4) is 5.75 Å². The number of carbonyl (C=O) groups is 1. The van der Waals surface area contributed by atoms with Crippen LogP contribution >= 0.6 is 0 Å². The van der Waals surface area contributed by atoms with Crippen molar-refractivity contribution in [2.45, 2.75) is 25.4 Å². The van der Waals surface area contributed by atoms with E-state index in [0.717, 1.165) is 30.7 Å². The molecule has 1 heterocycles. The van der Waals surface area contributed by atoms with E-state index in [1.54, 1.807) is 7.11 Å². The summed E-state index contributed by atoms with van der Waals surface area (Å²) in [6.07, 6.45) is 2.54. The van der Waals surface area contributed by atoms with Crippen molar-refractivity contribution in [1.82, 2.24) is 0 Å². The Morgan fingerprint density at radius 2 is 2.11 bits per heavy atom. The molecule has 2 rings (SSSR count). The minimum Gasteiger partial charge on any atom is -0.497 e. The van der Waals surface area contributed by atoms with Gasteiger partial charge in [-0.2, -0.15) is 0 Å². The van der Waals surface area contributed by atoms with Crippen LogP contribution in [-0.2, 0) is 16.0 Å². The number of likely N-dealkylation sites (tertiary alicyclic amines) is 1. The van der Waals surface area contributed by atoms with Crippen molar-refractivity contribution in [2.75, 3.05) is 27.2 Å². The predicted molar refractivity (Wildman–Crippen MR) is 72.4 cm³/mol. The molecule has 1 N–H and O–H groups in total. The molecule has 1 aliphatic heterocycles. The highest BCUT2D eigenvalue weighted by Gasteiger charge is 2.23. The first-order valence-electron chi connectivity index (χ1n) is 6.81. The lowest BCUT2D eigenvalue weighted by atomic mass is 10.1. The number of nitrogens with one attached hydrogen (secondary N) is 1. The number of esters is 1. The highest BCUT2D eigenvalue weighted by Crippen LogP contribution is 2.13. The molecule has 0 aliphatic carbocycles. The maximum Gasteiger partial charge on any atom is 0.310 e. The SMILES string of the molecule is COc1ccc(CC(=O)O[C@@H]2CCC[NH+](C)C2)cc1. The van der Waals surface area contributed by atoms with Crippen molar-refractivity contribution >= 4 is 5.97 Å². The zero-order chi connectivity index (χ0) is 13.7. The fraction of sp³-hybridized carbons (Fsp3) is 0.533. The lowest BCUT2D eigenvalue weighted by Gasteiger charge is -2.26. The van der Waals surface area contributed by atoms with Crippen LogP contribution in [0.4, 0.5) is 0 Å². The number of rotatable bonds is 4. The van der Waals surface area contributed by atoms with E-state index >= 15 is 0 Å². The monoisotopic (exact) mass is 264 g/mol. The molecule has 1 aromatic carbocycles. The number of quaternary nitrogens is 1. The molecule has 4 nitrogen and oxygen atoms in total. The number of benzene rings is 1. The van der Waals surface area contributed by atoms with Crippen LogP contribution in [0.5, 0.6) is 5.75 Å². The lowest BCUT2D eigenvalue weighted by molar-refractivity contribution is -0.888. The Balaban J connectivity index is 1.83. The fourth-order valence-corrected chi connectivity index (χ4v) is 2.46. The molecule has 0 bridgehead atoms. The van der Waals surface area contributed by atoms with Crippen molar-refractivity contribution in [1.29, 1.82) is 0 Å². The number of methoxy groups -OCH3 is 1. The first-order valence-corrected chi connectivity index (χ1v) is 6.81. The number of likely N-dealkylation sites (N-methyl/N-ethyl adjacent to an activating group) is 1. The van der Waals surface area contributed by atoms with E-state index in [2.05, 4.69) is 7.05 Å². The van der Waals surface area contributed by atoms with Crippen molar-refractivity contribution < 1.29 is 19.2 Å². The highest BCUT2D eigenvalue weighted by atomic mass is 16.5. The van der Waals surface area contributed by atoms with Gasteiger partial charge in [0.05, 0.1) is 27.1 Å².